The first kappa shape index (κ1) is 9.19. The Kier molecular flexibility index (Phi) is 1.98. The predicted octanol–water partition coefficient (Wildman–Crippen LogP) is 2.71. The normalized spacial score (nSPS) is 24.5. The van der Waals surface area contributed by atoms with E-state index in [1.54, 1.807) is 0 Å². The fraction of sp³-hybridized carbons (Fsp3) is 0.400. The maximum atomic E-state index is 9.57. The van der Waals surface area contributed by atoms with Gasteiger partial charge in [-0.25, -0.2) is 0 Å². The second-order valence-corrected chi connectivity index (χ2v) is 4.63. The lowest BCUT2D eigenvalue weighted by Gasteiger charge is -2.18. The number of benzene rings is 1. The summed E-state index contributed by atoms with van der Waals surface area (Å²) in [7, 11) is 0. The third-order valence-electron chi connectivity index (χ3n) is 2.34. The fourth-order valence-electron chi connectivity index (χ4n) is 1.67. The van der Waals surface area contributed by atoms with Gasteiger partial charge in [0.1, 0.15) is 0 Å². The first-order valence-corrected chi connectivity index (χ1v) is 4.96. The van der Waals surface area contributed by atoms with Crippen LogP contribution < -0.4 is 0 Å². The molecule has 1 aliphatic rings. The summed E-state index contributed by atoms with van der Waals surface area (Å²) in [4.78, 5) is 0. The van der Waals surface area contributed by atoms with E-state index in [1.807, 2.05) is 32.0 Å². The van der Waals surface area contributed by atoms with Crippen LogP contribution >= 0.6 is 15.9 Å². The molecule has 0 saturated heterocycles. The third-order valence-corrected chi connectivity index (χ3v) is 2.83. The highest BCUT2D eigenvalue weighted by molar-refractivity contribution is 9.10. The number of hydrogen-bond donors (Lipinski definition) is 1. The van der Waals surface area contributed by atoms with Crippen molar-refractivity contribution in [3.8, 4) is 0 Å². The smallest absolute Gasteiger partial charge is 0.182 e. The Hall–Kier alpha value is -0.380. The molecule has 1 unspecified atom stereocenters. The van der Waals surface area contributed by atoms with E-state index in [2.05, 4.69) is 15.9 Å². The van der Waals surface area contributed by atoms with Crippen molar-refractivity contribution in [2.24, 2.45) is 0 Å². The third kappa shape index (κ3) is 1.41. The molecule has 3 heteroatoms. The topological polar surface area (TPSA) is 29.5 Å². The number of fused-ring (bicyclic) bond motifs is 1. The first-order valence-electron chi connectivity index (χ1n) is 4.16. The van der Waals surface area contributed by atoms with Crippen LogP contribution in [-0.4, -0.2) is 5.11 Å². The van der Waals surface area contributed by atoms with Gasteiger partial charge in [0.05, 0.1) is 5.60 Å². The summed E-state index contributed by atoms with van der Waals surface area (Å²) in [6, 6.07) is 5.79. The average Bonchev–Trinajstić information content (AvgIpc) is 2.23. The molecule has 2 nitrogen and oxygen atoms in total. The van der Waals surface area contributed by atoms with Gasteiger partial charge in [-0.1, -0.05) is 22.0 Å². The van der Waals surface area contributed by atoms with Crippen molar-refractivity contribution in [1.82, 2.24) is 0 Å². The van der Waals surface area contributed by atoms with Crippen LogP contribution in [0.5, 0.6) is 0 Å². The summed E-state index contributed by atoms with van der Waals surface area (Å²) < 4.78 is 6.42. The molecule has 0 fully saturated rings. The van der Waals surface area contributed by atoms with Crippen molar-refractivity contribution in [3.05, 3.63) is 33.8 Å². The highest BCUT2D eigenvalue weighted by atomic mass is 79.9. The summed E-state index contributed by atoms with van der Waals surface area (Å²) >= 11 is 3.40. The van der Waals surface area contributed by atoms with Gasteiger partial charge >= 0.3 is 0 Å². The highest BCUT2D eigenvalue weighted by Gasteiger charge is 2.36. The van der Waals surface area contributed by atoms with Crippen molar-refractivity contribution in [3.63, 3.8) is 0 Å². The number of hydrogen-bond acceptors (Lipinski definition) is 2. The minimum absolute atomic E-state index is 0.390. The molecular weight excluding hydrogens is 232 g/mol. The van der Waals surface area contributed by atoms with E-state index in [1.165, 1.54) is 0 Å². The van der Waals surface area contributed by atoms with E-state index in [0.29, 0.717) is 0 Å². The average molecular weight is 243 g/mol. The highest BCUT2D eigenvalue weighted by Crippen LogP contribution is 2.42. The molecule has 1 atom stereocenters. The van der Waals surface area contributed by atoms with Crippen molar-refractivity contribution in [1.29, 1.82) is 0 Å². The number of aliphatic hydroxyl groups is 1. The minimum Gasteiger partial charge on any atom is -0.364 e. The van der Waals surface area contributed by atoms with Crippen LogP contribution in [-0.2, 0) is 10.3 Å². The van der Waals surface area contributed by atoms with Gasteiger partial charge in [-0.2, -0.15) is 0 Å². The molecule has 13 heavy (non-hydrogen) atoms. The minimum atomic E-state index is -0.780. The molecule has 0 spiro atoms. The molecule has 1 aromatic carbocycles. The van der Waals surface area contributed by atoms with Gasteiger partial charge in [-0.3, -0.25) is 0 Å². The quantitative estimate of drug-likeness (QED) is 0.759. The number of halogens is 1. The molecule has 0 saturated carbocycles. The molecule has 0 amide bonds. The van der Waals surface area contributed by atoms with Crippen LogP contribution in [0.25, 0.3) is 0 Å². The van der Waals surface area contributed by atoms with Crippen LogP contribution in [0, 0.1) is 0 Å². The summed E-state index contributed by atoms with van der Waals surface area (Å²) in [6.07, 6.45) is -0.780. The van der Waals surface area contributed by atoms with Gasteiger partial charge in [0.25, 0.3) is 0 Å². The Balaban J connectivity index is 2.60. The lowest BCUT2D eigenvalue weighted by molar-refractivity contribution is -0.157. The molecule has 0 bridgehead atoms. The molecule has 0 aliphatic carbocycles. The van der Waals surface area contributed by atoms with Crippen molar-refractivity contribution in [2.75, 3.05) is 0 Å². The van der Waals surface area contributed by atoms with E-state index in [0.717, 1.165) is 15.6 Å². The van der Waals surface area contributed by atoms with Crippen molar-refractivity contribution < 1.29 is 9.84 Å². The maximum absolute atomic E-state index is 9.57. The van der Waals surface area contributed by atoms with E-state index in [9.17, 15) is 5.11 Å². The lowest BCUT2D eigenvalue weighted by atomic mass is 9.96. The number of ether oxygens (including phenoxy) is 1. The molecule has 70 valence electrons. The second-order valence-electron chi connectivity index (χ2n) is 3.71. The number of aliphatic hydroxyl groups excluding tert-OH is 1. The van der Waals surface area contributed by atoms with Crippen LogP contribution in [0.2, 0.25) is 0 Å². The molecule has 1 N–H and O–H groups in total. The molecule has 2 rings (SSSR count). The Morgan fingerprint density at radius 1 is 1.46 bits per heavy atom. The Bertz CT molecular complexity index is 347. The summed E-state index contributed by atoms with van der Waals surface area (Å²) in [5, 5.41) is 9.57. The molecule has 0 radical (unpaired) electrons. The molecular formula is C10H11BrO2. The zero-order valence-corrected chi connectivity index (χ0v) is 9.13. The zero-order chi connectivity index (χ0) is 9.64. The summed E-state index contributed by atoms with van der Waals surface area (Å²) in [5.74, 6) is 0. The summed E-state index contributed by atoms with van der Waals surface area (Å²) in [5.41, 5.74) is 1.53. The van der Waals surface area contributed by atoms with Gasteiger partial charge in [0, 0.05) is 10.0 Å². The van der Waals surface area contributed by atoms with Crippen LogP contribution in [0.1, 0.15) is 31.3 Å². The zero-order valence-electron chi connectivity index (χ0n) is 7.54. The Labute approximate surface area is 85.7 Å². The molecule has 0 aromatic heterocycles. The van der Waals surface area contributed by atoms with Gasteiger partial charge < -0.3 is 9.84 Å². The van der Waals surface area contributed by atoms with Gasteiger partial charge in [0.2, 0.25) is 0 Å². The molecule has 1 heterocycles. The summed E-state index contributed by atoms with van der Waals surface area (Å²) in [6.45, 7) is 3.91. The van der Waals surface area contributed by atoms with E-state index in [-0.39, 0.29) is 0 Å². The van der Waals surface area contributed by atoms with Crippen molar-refractivity contribution >= 4 is 15.9 Å². The van der Waals surface area contributed by atoms with Crippen LogP contribution in [0.15, 0.2) is 22.7 Å². The van der Waals surface area contributed by atoms with Crippen molar-refractivity contribution in [2.45, 2.75) is 25.7 Å². The van der Waals surface area contributed by atoms with E-state index < -0.39 is 11.9 Å². The molecule has 1 aromatic rings. The monoisotopic (exact) mass is 242 g/mol. The largest absolute Gasteiger partial charge is 0.364 e. The van der Waals surface area contributed by atoms with Gasteiger partial charge in [-0.15, -0.1) is 0 Å². The molecule has 1 aliphatic heterocycles. The fourth-order valence-corrected chi connectivity index (χ4v) is 2.03. The van der Waals surface area contributed by atoms with Gasteiger partial charge in [-0.05, 0) is 31.5 Å². The van der Waals surface area contributed by atoms with Crippen LogP contribution in [0.3, 0.4) is 0 Å². The Morgan fingerprint density at radius 2 is 2.15 bits per heavy atom. The second kappa shape index (κ2) is 2.80. The predicted molar refractivity (Wildman–Crippen MR) is 53.2 cm³/mol. The SMILES string of the molecule is CC1(C)OC(O)c2ccc(Br)cc21. The first-order chi connectivity index (χ1) is 6.00. The van der Waals surface area contributed by atoms with E-state index in [4.69, 9.17) is 4.74 Å². The van der Waals surface area contributed by atoms with Gasteiger partial charge in [0.15, 0.2) is 6.29 Å². The maximum Gasteiger partial charge on any atom is 0.182 e. The van der Waals surface area contributed by atoms with E-state index >= 15 is 0 Å². The lowest BCUT2D eigenvalue weighted by Crippen LogP contribution is -2.15. The Morgan fingerprint density at radius 3 is 2.85 bits per heavy atom. The standard InChI is InChI=1S/C10H11BrO2/c1-10(2)8-5-6(11)3-4-7(8)9(12)13-10/h3-5,9,12H,1-2H3. The number of rotatable bonds is 0. The van der Waals surface area contributed by atoms with Crippen LogP contribution in [0.4, 0.5) is 0 Å².